The first-order valence-corrected chi connectivity index (χ1v) is 8.63. The molecule has 98 valence electrons. The molecule has 1 N–H and O–H groups in total. The fourth-order valence-electron chi connectivity index (χ4n) is 3.85. The van der Waals surface area contributed by atoms with Gasteiger partial charge in [0, 0.05) is 8.04 Å². The minimum absolute atomic E-state index is 0.307. The smallest absolute Gasteiger partial charge is 0.0804 e. The first kappa shape index (κ1) is 13.4. The van der Waals surface area contributed by atoms with Crippen molar-refractivity contribution in [2.45, 2.75) is 38.2 Å². The van der Waals surface area contributed by atoms with E-state index in [9.17, 15) is 5.11 Å². The van der Waals surface area contributed by atoms with Crippen LogP contribution in [-0.4, -0.2) is 5.11 Å². The Balaban J connectivity index is 1.71. The monoisotopic (exact) mass is 420 g/mol. The molecule has 18 heavy (non-hydrogen) atoms. The SMILES string of the molecule is OC(CC1CC2CCC1C2)c1cc(I)ccc1Br. The van der Waals surface area contributed by atoms with Crippen molar-refractivity contribution in [3.05, 3.63) is 31.8 Å². The van der Waals surface area contributed by atoms with Gasteiger partial charge in [-0.2, -0.15) is 0 Å². The highest BCUT2D eigenvalue weighted by Crippen LogP contribution is 2.51. The highest BCUT2D eigenvalue weighted by Gasteiger charge is 2.40. The second kappa shape index (κ2) is 5.41. The summed E-state index contributed by atoms with van der Waals surface area (Å²) in [5.41, 5.74) is 1.06. The summed E-state index contributed by atoms with van der Waals surface area (Å²) in [5.74, 6) is 2.61. The summed E-state index contributed by atoms with van der Waals surface area (Å²) in [6.07, 6.45) is 6.24. The lowest BCUT2D eigenvalue weighted by Gasteiger charge is -2.24. The molecule has 1 aromatic rings. The molecule has 4 atom stereocenters. The van der Waals surface area contributed by atoms with Gasteiger partial charge in [0.15, 0.2) is 0 Å². The van der Waals surface area contributed by atoms with Crippen LogP contribution >= 0.6 is 38.5 Å². The molecule has 0 aliphatic heterocycles. The van der Waals surface area contributed by atoms with E-state index >= 15 is 0 Å². The Bertz CT molecular complexity index is 448. The van der Waals surface area contributed by atoms with Gasteiger partial charge in [0.1, 0.15) is 0 Å². The molecule has 2 saturated carbocycles. The molecule has 0 saturated heterocycles. The Morgan fingerprint density at radius 3 is 2.83 bits per heavy atom. The highest BCUT2D eigenvalue weighted by atomic mass is 127. The van der Waals surface area contributed by atoms with Gasteiger partial charge in [0.2, 0.25) is 0 Å². The standard InChI is InChI=1S/C15H18BrIO/c16-14-4-3-12(17)8-13(14)15(18)7-11-6-9-1-2-10(11)5-9/h3-4,8-11,15,18H,1-2,5-7H2. The zero-order valence-corrected chi connectivity index (χ0v) is 14.0. The zero-order chi connectivity index (χ0) is 12.7. The first-order valence-electron chi connectivity index (χ1n) is 6.76. The normalized spacial score (nSPS) is 31.8. The fraction of sp³-hybridized carbons (Fsp3) is 0.600. The summed E-state index contributed by atoms with van der Waals surface area (Å²) in [7, 11) is 0. The summed E-state index contributed by atoms with van der Waals surface area (Å²) >= 11 is 5.86. The molecule has 0 aromatic heterocycles. The topological polar surface area (TPSA) is 20.2 Å². The Kier molecular flexibility index (Phi) is 4.02. The molecule has 2 aliphatic rings. The predicted octanol–water partition coefficient (Wildman–Crippen LogP) is 4.91. The van der Waals surface area contributed by atoms with Crippen LogP contribution in [0.5, 0.6) is 0 Å². The van der Waals surface area contributed by atoms with Gasteiger partial charge < -0.3 is 5.11 Å². The van der Waals surface area contributed by atoms with Gasteiger partial charge in [0.25, 0.3) is 0 Å². The van der Waals surface area contributed by atoms with Crippen LogP contribution in [0.1, 0.15) is 43.8 Å². The van der Waals surface area contributed by atoms with Crippen LogP contribution < -0.4 is 0 Å². The molecule has 2 bridgehead atoms. The number of aliphatic hydroxyl groups excluding tert-OH is 1. The third kappa shape index (κ3) is 2.63. The molecule has 2 aliphatic carbocycles. The van der Waals surface area contributed by atoms with Gasteiger partial charge in [-0.3, -0.25) is 0 Å². The van der Waals surface area contributed by atoms with E-state index in [4.69, 9.17) is 0 Å². The Hall–Kier alpha value is 0.390. The summed E-state index contributed by atoms with van der Waals surface area (Å²) in [5, 5.41) is 10.5. The predicted molar refractivity (Wildman–Crippen MR) is 85.4 cm³/mol. The van der Waals surface area contributed by atoms with E-state index in [2.05, 4.69) is 50.7 Å². The molecule has 2 fully saturated rings. The van der Waals surface area contributed by atoms with Gasteiger partial charge in [-0.1, -0.05) is 22.4 Å². The number of halogens is 2. The third-order valence-electron chi connectivity index (χ3n) is 4.73. The van der Waals surface area contributed by atoms with Crippen LogP contribution in [0, 0.1) is 21.3 Å². The highest BCUT2D eigenvalue weighted by molar-refractivity contribution is 14.1. The molecule has 0 spiro atoms. The van der Waals surface area contributed by atoms with E-state index < -0.39 is 0 Å². The number of hydrogen-bond donors (Lipinski definition) is 1. The molecule has 3 rings (SSSR count). The molecule has 4 unspecified atom stereocenters. The van der Waals surface area contributed by atoms with Crippen molar-refractivity contribution in [1.29, 1.82) is 0 Å². The average Bonchev–Trinajstić information content (AvgIpc) is 2.94. The van der Waals surface area contributed by atoms with Crippen molar-refractivity contribution < 1.29 is 5.11 Å². The lowest BCUT2D eigenvalue weighted by Crippen LogP contribution is -2.14. The van der Waals surface area contributed by atoms with Crippen LogP contribution in [-0.2, 0) is 0 Å². The number of aliphatic hydroxyl groups is 1. The number of benzene rings is 1. The van der Waals surface area contributed by atoms with Crippen molar-refractivity contribution in [2.75, 3.05) is 0 Å². The summed E-state index contributed by atoms with van der Waals surface area (Å²) in [6.45, 7) is 0. The van der Waals surface area contributed by atoms with Crippen molar-refractivity contribution in [3.8, 4) is 0 Å². The molecule has 1 aromatic carbocycles. The first-order chi connectivity index (χ1) is 8.63. The van der Waals surface area contributed by atoms with Crippen LogP contribution in [0.2, 0.25) is 0 Å². The molecule has 1 nitrogen and oxygen atoms in total. The van der Waals surface area contributed by atoms with E-state index in [1.807, 2.05) is 6.07 Å². The van der Waals surface area contributed by atoms with Crippen LogP contribution in [0.3, 0.4) is 0 Å². The largest absolute Gasteiger partial charge is 0.388 e. The summed E-state index contributed by atoms with van der Waals surface area (Å²) in [4.78, 5) is 0. The second-order valence-electron chi connectivity index (χ2n) is 5.85. The maximum absolute atomic E-state index is 10.5. The maximum Gasteiger partial charge on any atom is 0.0804 e. The van der Waals surface area contributed by atoms with Crippen LogP contribution in [0.15, 0.2) is 22.7 Å². The number of hydrogen-bond acceptors (Lipinski definition) is 1. The number of rotatable bonds is 3. The second-order valence-corrected chi connectivity index (χ2v) is 7.95. The third-order valence-corrected chi connectivity index (χ3v) is 6.12. The van der Waals surface area contributed by atoms with E-state index in [-0.39, 0.29) is 6.10 Å². The molecule has 0 amide bonds. The van der Waals surface area contributed by atoms with Crippen molar-refractivity contribution in [2.24, 2.45) is 17.8 Å². The van der Waals surface area contributed by atoms with Gasteiger partial charge in [-0.15, -0.1) is 0 Å². The average molecular weight is 421 g/mol. The summed E-state index contributed by atoms with van der Waals surface area (Å²) < 4.78 is 2.23. The summed E-state index contributed by atoms with van der Waals surface area (Å²) in [6, 6.07) is 6.21. The lowest BCUT2D eigenvalue weighted by atomic mass is 9.83. The minimum atomic E-state index is -0.307. The van der Waals surface area contributed by atoms with E-state index in [0.717, 1.165) is 34.2 Å². The molecular weight excluding hydrogens is 403 g/mol. The van der Waals surface area contributed by atoms with E-state index in [1.165, 1.54) is 29.3 Å². The maximum atomic E-state index is 10.5. The Morgan fingerprint density at radius 2 is 2.17 bits per heavy atom. The Labute approximate surface area is 131 Å². The Morgan fingerprint density at radius 1 is 1.33 bits per heavy atom. The van der Waals surface area contributed by atoms with Gasteiger partial charge in [-0.25, -0.2) is 0 Å². The number of fused-ring (bicyclic) bond motifs is 2. The zero-order valence-electron chi connectivity index (χ0n) is 10.3. The minimum Gasteiger partial charge on any atom is -0.388 e. The van der Waals surface area contributed by atoms with Crippen LogP contribution in [0.4, 0.5) is 0 Å². The van der Waals surface area contributed by atoms with Crippen molar-refractivity contribution in [3.63, 3.8) is 0 Å². The lowest BCUT2D eigenvalue weighted by molar-refractivity contribution is 0.125. The van der Waals surface area contributed by atoms with E-state index in [0.29, 0.717) is 0 Å². The quantitative estimate of drug-likeness (QED) is 0.688. The fourth-order valence-corrected chi connectivity index (χ4v) is 4.88. The van der Waals surface area contributed by atoms with Gasteiger partial charge in [-0.05, 0) is 89.8 Å². The molecule has 0 heterocycles. The van der Waals surface area contributed by atoms with E-state index in [1.54, 1.807) is 0 Å². The van der Waals surface area contributed by atoms with Crippen molar-refractivity contribution in [1.82, 2.24) is 0 Å². The van der Waals surface area contributed by atoms with Crippen LogP contribution in [0.25, 0.3) is 0 Å². The van der Waals surface area contributed by atoms with Gasteiger partial charge in [0.05, 0.1) is 6.10 Å². The van der Waals surface area contributed by atoms with Crippen molar-refractivity contribution >= 4 is 38.5 Å². The molecule has 3 heteroatoms. The molecule has 0 radical (unpaired) electrons. The molecular formula is C15H18BrIO. The van der Waals surface area contributed by atoms with Gasteiger partial charge >= 0.3 is 0 Å².